The Hall–Kier alpha value is -1.95. The van der Waals surface area contributed by atoms with Gasteiger partial charge in [-0.05, 0) is 36.6 Å². The van der Waals surface area contributed by atoms with E-state index in [1.54, 1.807) is 28.9 Å². The van der Waals surface area contributed by atoms with E-state index in [-0.39, 0.29) is 11.2 Å². The molecule has 104 valence electrons. The molecule has 0 atom stereocenters. The number of hydrogen-bond donors (Lipinski definition) is 0. The van der Waals surface area contributed by atoms with Crippen LogP contribution in [0, 0.1) is 6.92 Å². The van der Waals surface area contributed by atoms with Crippen LogP contribution in [0.3, 0.4) is 0 Å². The lowest BCUT2D eigenvalue weighted by atomic mass is 10.0. The van der Waals surface area contributed by atoms with Gasteiger partial charge < -0.3 is 4.90 Å². The zero-order valence-corrected chi connectivity index (χ0v) is 12.1. The van der Waals surface area contributed by atoms with Gasteiger partial charge in [0.1, 0.15) is 5.69 Å². The van der Waals surface area contributed by atoms with E-state index < -0.39 is 0 Å². The van der Waals surface area contributed by atoms with Gasteiger partial charge in [-0.1, -0.05) is 0 Å². The van der Waals surface area contributed by atoms with E-state index in [9.17, 15) is 4.79 Å². The molecule has 0 saturated carbocycles. The van der Waals surface area contributed by atoms with Crippen LogP contribution < -0.4 is 0 Å². The Balaban J connectivity index is 1.89. The smallest absolute Gasteiger partial charge is 0.272 e. The van der Waals surface area contributed by atoms with Crippen molar-refractivity contribution in [2.75, 3.05) is 6.54 Å². The van der Waals surface area contributed by atoms with Crippen molar-refractivity contribution in [3.05, 3.63) is 40.2 Å². The first-order chi connectivity index (χ1) is 9.56. The highest BCUT2D eigenvalue weighted by molar-refractivity contribution is 6.28. The summed E-state index contributed by atoms with van der Waals surface area (Å²) in [5, 5.41) is 4.26. The first-order valence-electron chi connectivity index (χ1n) is 6.35. The molecule has 1 aliphatic rings. The van der Waals surface area contributed by atoms with Crippen molar-refractivity contribution in [2.45, 2.75) is 19.9 Å². The molecule has 1 aliphatic heterocycles. The first kappa shape index (κ1) is 13.1. The second-order valence-corrected chi connectivity index (χ2v) is 5.16. The fraction of sp³-hybridized carbons (Fsp3) is 0.385. The molecule has 3 rings (SSSR count). The van der Waals surface area contributed by atoms with Crippen LogP contribution in [0.15, 0.2) is 12.3 Å². The van der Waals surface area contributed by atoms with E-state index in [0.29, 0.717) is 18.8 Å². The van der Waals surface area contributed by atoms with Crippen molar-refractivity contribution in [3.63, 3.8) is 0 Å². The first-order valence-corrected chi connectivity index (χ1v) is 6.73. The van der Waals surface area contributed by atoms with Crippen molar-refractivity contribution in [3.8, 4) is 0 Å². The molecule has 7 heteroatoms. The molecule has 0 spiro atoms. The predicted molar refractivity (Wildman–Crippen MR) is 73.4 cm³/mol. The second-order valence-electron chi connectivity index (χ2n) is 4.82. The number of carbonyl (C=O) groups excluding carboxylic acids is 1. The summed E-state index contributed by atoms with van der Waals surface area (Å²) >= 11 is 5.89. The predicted octanol–water partition coefficient (Wildman–Crippen LogP) is 1.37. The van der Waals surface area contributed by atoms with E-state index in [0.717, 1.165) is 23.4 Å². The van der Waals surface area contributed by atoms with Gasteiger partial charge in [0.05, 0.1) is 12.2 Å². The Morgan fingerprint density at radius 1 is 1.40 bits per heavy atom. The normalized spacial score (nSPS) is 14.2. The monoisotopic (exact) mass is 291 g/mol. The fourth-order valence-corrected chi connectivity index (χ4v) is 2.73. The highest BCUT2D eigenvalue weighted by atomic mass is 35.5. The lowest BCUT2D eigenvalue weighted by Crippen LogP contribution is -2.37. The molecular weight excluding hydrogens is 278 g/mol. The van der Waals surface area contributed by atoms with Gasteiger partial charge >= 0.3 is 0 Å². The molecule has 0 radical (unpaired) electrons. The van der Waals surface area contributed by atoms with Crippen LogP contribution in [-0.2, 0) is 20.0 Å². The maximum atomic E-state index is 12.5. The van der Waals surface area contributed by atoms with Gasteiger partial charge in [-0.25, -0.2) is 9.97 Å². The minimum Gasteiger partial charge on any atom is -0.331 e. The number of amides is 1. The molecular formula is C13H14ClN5O. The van der Waals surface area contributed by atoms with Gasteiger partial charge in [-0.2, -0.15) is 5.10 Å². The summed E-state index contributed by atoms with van der Waals surface area (Å²) in [5.41, 5.74) is 3.41. The molecule has 0 fully saturated rings. The van der Waals surface area contributed by atoms with Gasteiger partial charge in [0.2, 0.25) is 5.28 Å². The van der Waals surface area contributed by atoms with Crippen LogP contribution in [0.4, 0.5) is 0 Å². The average molecular weight is 292 g/mol. The lowest BCUT2D eigenvalue weighted by molar-refractivity contribution is 0.0720. The zero-order chi connectivity index (χ0) is 14.3. The Morgan fingerprint density at radius 2 is 2.20 bits per heavy atom. The van der Waals surface area contributed by atoms with Gasteiger partial charge in [0, 0.05) is 25.5 Å². The number of rotatable bonds is 1. The van der Waals surface area contributed by atoms with Crippen LogP contribution in [0.5, 0.6) is 0 Å². The van der Waals surface area contributed by atoms with Crippen LogP contribution in [-0.4, -0.2) is 37.1 Å². The van der Waals surface area contributed by atoms with Crippen molar-refractivity contribution in [1.29, 1.82) is 0 Å². The second kappa shape index (κ2) is 4.86. The summed E-state index contributed by atoms with van der Waals surface area (Å²) < 4.78 is 1.58. The van der Waals surface area contributed by atoms with E-state index in [1.165, 1.54) is 0 Å². The molecule has 1 amide bonds. The number of fused-ring (bicyclic) bond motifs is 1. The Bertz CT molecular complexity index is 681. The van der Waals surface area contributed by atoms with Crippen molar-refractivity contribution < 1.29 is 4.79 Å². The SMILES string of the molecule is Cc1nc(Cl)nc2c1CCN(C(=O)c1ccnn1C)C2. The summed E-state index contributed by atoms with van der Waals surface area (Å²) in [4.78, 5) is 22.6. The third-order valence-corrected chi connectivity index (χ3v) is 3.74. The quantitative estimate of drug-likeness (QED) is 0.745. The van der Waals surface area contributed by atoms with E-state index >= 15 is 0 Å². The number of nitrogens with zero attached hydrogens (tertiary/aromatic N) is 5. The number of hydrogen-bond acceptors (Lipinski definition) is 4. The molecule has 2 aromatic heterocycles. The standard InChI is InChI=1S/C13H14ClN5O/c1-8-9-4-6-19(7-10(9)17-13(14)16-8)12(20)11-3-5-15-18(11)2/h3,5H,4,6-7H2,1-2H3. The molecule has 2 aromatic rings. The maximum Gasteiger partial charge on any atom is 0.272 e. The summed E-state index contributed by atoms with van der Waals surface area (Å²) in [6.45, 7) is 3.04. The summed E-state index contributed by atoms with van der Waals surface area (Å²) in [6.07, 6.45) is 2.37. The summed E-state index contributed by atoms with van der Waals surface area (Å²) in [6, 6.07) is 1.72. The van der Waals surface area contributed by atoms with Gasteiger partial charge in [-0.3, -0.25) is 9.48 Å². The topological polar surface area (TPSA) is 63.9 Å². The summed E-state index contributed by atoms with van der Waals surface area (Å²) in [5.74, 6) is -0.0389. The van der Waals surface area contributed by atoms with Gasteiger partial charge in [0.15, 0.2) is 0 Å². The zero-order valence-electron chi connectivity index (χ0n) is 11.3. The van der Waals surface area contributed by atoms with Crippen LogP contribution in [0.2, 0.25) is 5.28 Å². The fourth-order valence-electron chi connectivity index (χ4n) is 2.50. The lowest BCUT2D eigenvalue weighted by Gasteiger charge is -2.28. The Morgan fingerprint density at radius 3 is 2.90 bits per heavy atom. The van der Waals surface area contributed by atoms with Crippen molar-refractivity contribution >= 4 is 17.5 Å². The molecule has 0 N–H and O–H groups in total. The van der Waals surface area contributed by atoms with Crippen LogP contribution in [0.25, 0.3) is 0 Å². The molecule has 6 nitrogen and oxygen atoms in total. The Labute approximate surface area is 121 Å². The number of aryl methyl sites for hydroxylation is 2. The number of carbonyl (C=O) groups is 1. The Kier molecular flexibility index (Phi) is 3.17. The van der Waals surface area contributed by atoms with E-state index in [1.807, 2.05) is 6.92 Å². The molecule has 0 aliphatic carbocycles. The number of aromatic nitrogens is 4. The highest BCUT2D eigenvalue weighted by Crippen LogP contribution is 2.22. The molecule has 0 bridgehead atoms. The van der Waals surface area contributed by atoms with Gasteiger partial charge in [-0.15, -0.1) is 0 Å². The molecule has 0 saturated heterocycles. The average Bonchev–Trinajstić information content (AvgIpc) is 2.83. The molecule has 0 aromatic carbocycles. The minimum atomic E-state index is -0.0389. The maximum absolute atomic E-state index is 12.5. The van der Waals surface area contributed by atoms with E-state index in [2.05, 4.69) is 15.1 Å². The van der Waals surface area contributed by atoms with Crippen molar-refractivity contribution in [1.82, 2.24) is 24.6 Å². The minimum absolute atomic E-state index is 0.0389. The molecule has 3 heterocycles. The van der Waals surface area contributed by atoms with Crippen LogP contribution >= 0.6 is 11.6 Å². The highest BCUT2D eigenvalue weighted by Gasteiger charge is 2.26. The van der Waals surface area contributed by atoms with Gasteiger partial charge in [0.25, 0.3) is 5.91 Å². The third kappa shape index (κ3) is 2.16. The number of halogens is 1. The van der Waals surface area contributed by atoms with E-state index in [4.69, 9.17) is 11.6 Å². The van der Waals surface area contributed by atoms with Crippen molar-refractivity contribution in [2.24, 2.45) is 7.05 Å². The largest absolute Gasteiger partial charge is 0.331 e. The molecule has 0 unspecified atom stereocenters. The molecule has 20 heavy (non-hydrogen) atoms. The third-order valence-electron chi connectivity index (χ3n) is 3.57. The summed E-state index contributed by atoms with van der Waals surface area (Å²) in [7, 11) is 1.76. The van der Waals surface area contributed by atoms with Crippen LogP contribution in [0.1, 0.15) is 27.4 Å².